The Morgan fingerprint density at radius 1 is 1.37 bits per heavy atom. The van der Waals surface area contributed by atoms with Crippen LogP contribution >= 0.6 is 0 Å². The van der Waals surface area contributed by atoms with Crippen LogP contribution in [0.1, 0.15) is 31.4 Å². The number of methoxy groups -OCH3 is 1. The molecular formula is C15H23FN2O. The molecule has 4 heteroatoms. The highest BCUT2D eigenvalue weighted by Crippen LogP contribution is 2.22. The zero-order valence-corrected chi connectivity index (χ0v) is 11.8. The van der Waals surface area contributed by atoms with Crippen molar-refractivity contribution in [3.63, 3.8) is 0 Å². The summed E-state index contributed by atoms with van der Waals surface area (Å²) in [5.41, 5.74) is 1.06. The number of halogens is 1. The van der Waals surface area contributed by atoms with Gasteiger partial charge in [0.15, 0.2) is 11.6 Å². The minimum Gasteiger partial charge on any atom is -0.494 e. The van der Waals surface area contributed by atoms with Gasteiger partial charge in [-0.25, -0.2) is 4.39 Å². The highest BCUT2D eigenvalue weighted by Gasteiger charge is 2.12. The van der Waals surface area contributed by atoms with Gasteiger partial charge < -0.3 is 15.0 Å². The van der Waals surface area contributed by atoms with Gasteiger partial charge in [0.25, 0.3) is 0 Å². The number of ether oxygens (including phenoxy) is 1. The molecule has 0 spiro atoms. The van der Waals surface area contributed by atoms with E-state index in [1.807, 2.05) is 6.07 Å². The van der Waals surface area contributed by atoms with E-state index in [2.05, 4.69) is 17.1 Å². The van der Waals surface area contributed by atoms with Gasteiger partial charge in [-0.05, 0) is 50.6 Å². The predicted molar refractivity (Wildman–Crippen MR) is 75.0 cm³/mol. The quantitative estimate of drug-likeness (QED) is 0.856. The lowest BCUT2D eigenvalue weighted by molar-refractivity contribution is 0.329. The molecule has 106 valence electrons. The summed E-state index contributed by atoms with van der Waals surface area (Å²) in [7, 11) is 1.49. The highest BCUT2D eigenvalue weighted by molar-refractivity contribution is 5.31. The summed E-state index contributed by atoms with van der Waals surface area (Å²) in [5.74, 6) is 0.00112. The van der Waals surface area contributed by atoms with Crippen LogP contribution in [0.25, 0.3) is 0 Å². The largest absolute Gasteiger partial charge is 0.494 e. The van der Waals surface area contributed by atoms with Crippen molar-refractivity contribution in [3.8, 4) is 5.75 Å². The minimum atomic E-state index is -0.310. The molecule has 0 bridgehead atoms. The van der Waals surface area contributed by atoms with Crippen LogP contribution in [0.3, 0.4) is 0 Å². The van der Waals surface area contributed by atoms with Crippen molar-refractivity contribution >= 4 is 0 Å². The standard InChI is InChI=1S/C15H23FN2O/c1-12(17-7-10-18-8-3-4-9-18)13-5-6-14(16)15(11-13)19-2/h5-6,11-12,17H,3-4,7-10H2,1-2H3. The number of nitrogens with zero attached hydrogens (tertiary/aromatic N) is 1. The molecule has 1 aliphatic rings. The van der Waals surface area contributed by atoms with Gasteiger partial charge in [0.05, 0.1) is 7.11 Å². The number of rotatable bonds is 6. The van der Waals surface area contributed by atoms with Crippen LogP contribution in [-0.4, -0.2) is 38.2 Å². The van der Waals surface area contributed by atoms with E-state index in [1.54, 1.807) is 6.07 Å². The molecule has 1 unspecified atom stereocenters. The Labute approximate surface area is 114 Å². The van der Waals surface area contributed by atoms with Crippen LogP contribution in [0.4, 0.5) is 4.39 Å². The minimum absolute atomic E-state index is 0.206. The Balaban J connectivity index is 1.83. The lowest BCUT2D eigenvalue weighted by Gasteiger charge is -2.19. The van der Waals surface area contributed by atoms with Crippen molar-refractivity contribution in [3.05, 3.63) is 29.6 Å². The van der Waals surface area contributed by atoms with Crippen molar-refractivity contribution in [2.75, 3.05) is 33.3 Å². The molecule has 0 radical (unpaired) electrons. The van der Waals surface area contributed by atoms with Gasteiger partial charge in [-0.1, -0.05) is 6.07 Å². The Morgan fingerprint density at radius 3 is 2.79 bits per heavy atom. The first-order chi connectivity index (χ1) is 9.20. The van der Waals surface area contributed by atoms with E-state index in [4.69, 9.17) is 4.74 Å². The first-order valence-corrected chi connectivity index (χ1v) is 7.00. The molecule has 1 aliphatic heterocycles. The lowest BCUT2D eigenvalue weighted by atomic mass is 10.1. The molecule has 1 heterocycles. The van der Waals surface area contributed by atoms with Crippen LogP contribution in [-0.2, 0) is 0 Å². The third-order valence-corrected chi connectivity index (χ3v) is 3.75. The summed E-state index contributed by atoms with van der Waals surface area (Å²) >= 11 is 0. The molecule has 0 aliphatic carbocycles. The second-order valence-electron chi connectivity index (χ2n) is 5.12. The second kappa shape index (κ2) is 6.87. The molecule has 19 heavy (non-hydrogen) atoms. The van der Waals surface area contributed by atoms with E-state index in [-0.39, 0.29) is 11.9 Å². The molecule has 1 atom stereocenters. The summed E-state index contributed by atoms with van der Waals surface area (Å²) in [5, 5.41) is 3.48. The maximum atomic E-state index is 13.3. The molecule has 0 aromatic heterocycles. The topological polar surface area (TPSA) is 24.5 Å². The normalized spacial score (nSPS) is 17.6. The summed E-state index contributed by atoms with van der Waals surface area (Å²) in [6.07, 6.45) is 2.65. The molecular weight excluding hydrogens is 243 g/mol. The van der Waals surface area contributed by atoms with E-state index in [1.165, 1.54) is 39.1 Å². The van der Waals surface area contributed by atoms with Crippen molar-refractivity contribution in [1.82, 2.24) is 10.2 Å². The zero-order chi connectivity index (χ0) is 13.7. The van der Waals surface area contributed by atoms with Crippen molar-refractivity contribution in [1.29, 1.82) is 0 Å². The molecule has 1 N–H and O–H groups in total. The first-order valence-electron chi connectivity index (χ1n) is 7.00. The van der Waals surface area contributed by atoms with E-state index in [9.17, 15) is 4.39 Å². The molecule has 1 aromatic carbocycles. The van der Waals surface area contributed by atoms with Crippen LogP contribution in [0.2, 0.25) is 0 Å². The summed E-state index contributed by atoms with van der Waals surface area (Å²) in [4.78, 5) is 2.48. The third kappa shape index (κ3) is 3.91. The van der Waals surface area contributed by atoms with Crippen molar-refractivity contribution in [2.24, 2.45) is 0 Å². The number of likely N-dealkylation sites (tertiary alicyclic amines) is 1. The molecule has 0 amide bonds. The van der Waals surface area contributed by atoms with Gasteiger partial charge in [-0.2, -0.15) is 0 Å². The van der Waals surface area contributed by atoms with Crippen LogP contribution in [0, 0.1) is 5.82 Å². The zero-order valence-electron chi connectivity index (χ0n) is 11.8. The smallest absolute Gasteiger partial charge is 0.165 e. The number of hydrogen-bond donors (Lipinski definition) is 1. The maximum absolute atomic E-state index is 13.3. The fraction of sp³-hybridized carbons (Fsp3) is 0.600. The number of nitrogens with one attached hydrogen (secondary N) is 1. The Kier molecular flexibility index (Phi) is 5.16. The van der Waals surface area contributed by atoms with Crippen LogP contribution in [0.5, 0.6) is 5.75 Å². The first kappa shape index (κ1) is 14.3. The monoisotopic (exact) mass is 266 g/mol. The fourth-order valence-electron chi connectivity index (χ4n) is 2.51. The fourth-order valence-corrected chi connectivity index (χ4v) is 2.51. The molecule has 0 saturated carbocycles. The van der Waals surface area contributed by atoms with Crippen LogP contribution in [0.15, 0.2) is 18.2 Å². The summed E-state index contributed by atoms with van der Waals surface area (Å²) in [6, 6.07) is 5.25. The highest BCUT2D eigenvalue weighted by atomic mass is 19.1. The lowest BCUT2D eigenvalue weighted by Crippen LogP contribution is -2.31. The average molecular weight is 266 g/mol. The van der Waals surface area contributed by atoms with Crippen molar-refractivity contribution < 1.29 is 9.13 Å². The van der Waals surface area contributed by atoms with E-state index in [0.29, 0.717) is 5.75 Å². The molecule has 2 rings (SSSR count). The summed E-state index contributed by atoms with van der Waals surface area (Å²) < 4.78 is 18.3. The van der Waals surface area contributed by atoms with E-state index >= 15 is 0 Å². The Hall–Kier alpha value is -1.13. The third-order valence-electron chi connectivity index (χ3n) is 3.75. The van der Waals surface area contributed by atoms with Crippen LogP contribution < -0.4 is 10.1 Å². The average Bonchev–Trinajstić information content (AvgIpc) is 2.92. The predicted octanol–water partition coefficient (Wildman–Crippen LogP) is 2.58. The second-order valence-corrected chi connectivity index (χ2v) is 5.12. The van der Waals surface area contributed by atoms with Crippen molar-refractivity contribution in [2.45, 2.75) is 25.8 Å². The number of benzene rings is 1. The van der Waals surface area contributed by atoms with Gasteiger partial charge >= 0.3 is 0 Å². The molecule has 1 aromatic rings. The number of hydrogen-bond acceptors (Lipinski definition) is 3. The maximum Gasteiger partial charge on any atom is 0.165 e. The SMILES string of the molecule is COc1cc(C(C)NCCN2CCCC2)ccc1F. The van der Waals surface area contributed by atoms with E-state index in [0.717, 1.165) is 18.7 Å². The van der Waals surface area contributed by atoms with Gasteiger partial charge in [-0.3, -0.25) is 0 Å². The van der Waals surface area contributed by atoms with E-state index < -0.39 is 0 Å². The Bertz CT molecular complexity index is 405. The van der Waals surface area contributed by atoms with Gasteiger partial charge in [-0.15, -0.1) is 0 Å². The van der Waals surface area contributed by atoms with Gasteiger partial charge in [0.1, 0.15) is 0 Å². The Morgan fingerprint density at radius 2 is 2.11 bits per heavy atom. The molecule has 1 fully saturated rings. The van der Waals surface area contributed by atoms with Gasteiger partial charge in [0.2, 0.25) is 0 Å². The van der Waals surface area contributed by atoms with Gasteiger partial charge in [0, 0.05) is 19.1 Å². The molecule has 3 nitrogen and oxygen atoms in total. The molecule has 1 saturated heterocycles. The summed E-state index contributed by atoms with van der Waals surface area (Å²) in [6.45, 7) is 6.58.